The van der Waals surface area contributed by atoms with Gasteiger partial charge in [0.15, 0.2) is 0 Å². The molecule has 0 spiro atoms. The molecule has 0 radical (unpaired) electrons. The highest BCUT2D eigenvalue weighted by molar-refractivity contribution is 4.83. The summed E-state index contributed by atoms with van der Waals surface area (Å²) in [5.41, 5.74) is 0. The van der Waals surface area contributed by atoms with E-state index in [1.807, 2.05) is 0 Å². The van der Waals surface area contributed by atoms with Crippen molar-refractivity contribution in [3.63, 3.8) is 0 Å². The van der Waals surface area contributed by atoms with Gasteiger partial charge in [0.1, 0.15) is 6.17 Å². The molecule has 2 heteroatoms. The standard InChI is InChI=1S/C11H20FN/c12-11-8-13-7-10(11)6-9-4-2-1-3-5-9/h9-11,13H,1-8H2. The first-order valence-electron chi connectivity index (χ1n) is 5.71. The van der Waals surface area contributed by atoms with E-state index in [4.69, 9.17) is 0 Å². The van der Waals surface area contributed by atoms with Crippen LogP contribution in [0.5, 0.6) is 0 Å². The number of alkyl halides is 1. The van der Waals surface area contributed by atoms with Gasteiger partial charge in [0.05, 0.1) is 0 Å². The highest BCUT2D eigenvalue weighted by atomic mass is 19.1. The molecule has 1 nitrogen and oxygen atoms in total. The zero-order chi connectivity index (χ0) is 9.10. The summed E-state index contributed by atoms with van der Waals surface area (Å²) < 4.78 is 13.3. The van der Waals surface area contributed by atoms with E-state index in [0.29, 0.717) is 12.5 Å². The SMILES string of the molecule is FC1CNCC1CC1CCCCC1. The predicted octanol–water partition coefficient (Wildman–Crippen LogP) is 2.51. The lowest BCUT2D eigenvalue weighted by atomic mass is 9.82. The Labute approximate surface area is 80.1 Å². The van der Waals surface area contributed by atoms with Gasteiger partial charge in [0, 0.05) is 19.0 Å². The van der Waals surface area contributed by atoms with Crippen molar-refractivity contribution in [3.05, 3.63) is 0 Å². The van der Waals surface area contributed by atoms with Gasteiger partial charge in [-0.15, -0.1) is 0 Å². The van der Waals surface area contributed by atoms with Crippen LogP contribution >= 0.6 is 0 Å². The number of hydrogen-bond donors (Lipinski definition) is 1. The molecule has 13 heavy (non-hydrogen) atoms. The highest BCUT2D eigenvalue weighted by Gasteiger charge is 2.29. The van der Waals surface area contributed by atoms with Crippen LogP contribution in [0.4, 0.5) is 4.39 Å². The van der Waals surface area contributed by atoms with Crippen molar-refractivity contribution in [1.82, 2.24) is 5.32 Å². The summed E-state index contributed by atoms with van der Waals surface area (Å²) in [7, 11) is 0. The number of hydrogen-bond acceptors (Lipinski definition) is 1. The predicted molar refractivity (Wildman–Crippen MR) is 52.4 cm³/mol. The maximum absolute atomic E-state index is 13.3. The lowest BCUT2D eigenvalue weighted by Gasteiger charge is -2.24. The van der Waals surface area contributed by atoms with Crippen molar-refractivity contribution in [2.45, 2.75) is 44.7 Å². The summed E-state index contributed by atoms with van der Waals surface area (Å²) in [6.07, 6.45) is 7.42. The van der Waals surface area contributed by atoms with E-state index in [1.54, 1.807) is 0 Å². The minimum absolute atomic E-state index is 0.322. The fourth-order valence-electron chi connectivity index (χ4n) is 2.78. The Kier molecular flexibility index (Phi) is 3.20. The van der Waals surface area contributed by atoms with Crippen molar-refractivity contribution >= 4 is 0 Å². The van der Waals surface area contributed by atoms with E-state index >= 15 is 0 Å². The molecule has 2 aliphatic rings. The van der Waals surface area contributed by atoms with Crippen LogP contribution in [-0.4, -0.2) is 19.3 Å². The van der Waals surface area contributed by atoms with E-state index in [2.05, 4.69) is 5.32 Å². The number of nitrogens with one attached hydrogen (secondary N) is 1. The maximum atomic E-state index is 13.3. The monoisotopic (exact) mass is 185 g/mol. The molecule has 1 aliphatic heterocycles. The summed E-state index contributed by atoms with van der Waals surface area (Å²) in [5, 5.41) is 3.14. The molecule has 2 atom stereocenters. The third-order valence-corrected chi connectivity index (χ3v) is 3.62. The first-order chi connectivity index (χ1) is 6.36. The molecule has 1 aliphatic carbocycles. The average molecular weight is 185 g/mol. The van der Waals surface area contributed by atoms with Gasteiger partial charge < -0.3 is 5.32 Å². The molecule has 76 valence electrons. The van der Waals surface area contributed by atoms with E-state index in [1.165, 1.54) is 32.1 Å². The summed E-state index contributed by atoms with van der Waals surface area (Å²) in [5.74, 6) is 1.15. The van der Waals surface area contributed by atoms with Crippen LogP contribution in [0, 0.1) is 11.8 Å². The lowest BCUT2D eigenvalue weighted by Crippen LogP contribution is -2.19. The molecule has 1 saturated heterocycles. The van der Waals surface area contributed by atoms with Gasteiger partial charge in [-0.3, -0.25) is 0 Å². The van der Waals surface area contributed by atoms with E-state index in [0.717, 1.165) is 18.9 Å². The summed E-state index contributed by atoms with van der Waals surface area (Å²) in [6, 6.07) is 0. The van der Waals surface area contributed by atoms with Crippen molar-refractivity contribution in [2.24, 2.45) is 11.8 Å². The van der Waals surface area contributed by atoms with Crippen molar-refractivity contribution in [2.75, 3.05) is 13.1 Å². The van der Waals surface area contributed by atoms with Gasteiger partial charge in [-0.2, -0.15) is 0 Å². The molecule has 1 N–H and O–H groups in total. The van der Waals surface area contributed by atoms with Crippen LogP contribution in [0.25, 0.3) is 0 Å². The van der Waals surface area contributed by atoms with Gasteiger partial charge in [-0.25, -0.2) is 4.39 Å². The summed E-state index contributed by atoms with van der Waals surface area (Å²) in [4.78, 5) is 0. The Hall–Kier alpha value is -0.110. The third kappa shape index (κ3) is 2.43. The maximum Gasteiger partial charge on any atom is 0.116 e. The molecule has 2 fully saturated rings. The Morgan fingerprint density at radius 2 is 1.85 bits per heavy atom. The fourth-order valence-corrected chi connectivity index (χ4v) is 2.78. The largest absolute Gasteiger partial charge is 0.313 e. The van der Waals surface area contributed by atoms with Crippen LogP contribution < -0.4 is 5.32 Å². The topological polar surface area (TPSA) is 12.0 Å². The molecule has 0 amide bonds. The van der Waals surface area contributed by atoms with E-state index < -0.39 is 6.17 Å². The van der Waals surface area contributed by atoms with Gasteiger partial charge in [-0.1, -0.05) is 32.1 Å². The van der Waals surface area contributed by atoms with Crippen LogP contribution in [0.1, 0.15) is 38.5 Å². The molecule has 2 rings (SSSR count). The van der Waals surface area contributed by atoms with Gasteiger partial charge in [0.25, 0.3) is 0 Å². The first kappa shape index (κ1) is 9.45. The van der Waals surface area contributed by atoms with Crippen molar-refractivity contribution in [1.29, 1.82) is 0 Å². The lowest BCUT2D eigenvalue weighted by molar-refractivity contribution is 0.219. The Morgan fingerprint density at radius 3 is 2.46 bits per heavy atom. The molecule has 0 aromatic rings. The molecule has 0 bridgehead atoms. The zero-order valence-corrected chi connectivity index (χ0v) is 8.27. The molecule has 2 unspecified atom stereocenters. The molecule has 1 heterocycles. The molecular weight excluding hydrogens is 165 g/mol. The summed E-state index contributed by atoms with van der Waals surface area (Å²) >= 11 is 0. The Balaban J connectivity index is 1.75. The minimum atomic E-state index is -0.568. The van der Waals surface area contributed by atoms with Gasteiger partial charge in [-0.05, 0) is 12.3 Å². The Morgan fingerprint density at radius 1 is 1.08 bits per heavy atom. The minimum Gasteiger partial charge on any atom is -0.313 e. The average Bonchev–Trinajstić information content (AvgIpc) is 2.54. The van der Waals surface area contributed by atoms with Crippen LogP contribution in [0.15, 0.2) is 0 Å². The highest BCUT2D eigenvalue weighted by Crippen LogP contribution is 2.31. The quantitative estimate of drug-likeness (QED) is 0.697. The van der Waals surface area contributed by atoms with Crippen molar-refractivity contribution in [3.8, 4) is 0 Å². The third-order valence-electron chi connectivity index (χ3n) is 3.62. The molecule has 0 aromatic carbocycles. The smallest absolute Gasteiger partial charge is 0.116 e. The second kappa shape index (κ2) is 4.41. The first-order valence-corrected chi connectivity index (χ1v) is 5.71. The van der Waals surface area contributed by atoms with Crippen LogP contribution in [-0.2, 0) is 0 Å². The fraction of sp³-hybridized carbons (Fsp3) is 1.00. The number of halogens is 1. The summed E-state index contributed by atoms with van der Waals surface area (Å²) in [6.45, 7) is 1.51. The second-order valence-electron chi connectivity index (χ2n) is 4.67. The normalized spacial score (nSPS) is 36.7. The number of rotatable bonds is 2. The zero-order valence-electron chi connectivity index (χ0n) is 8.27. The Bertz CT molecular complexity index is 154. The second-order valence-corrected chi connectivity index (χ2v) is 4.67. The van der Waals surface area contributed by atoms with Crippen LogP contribution in [0.3, 0.4) is 0 Å². The molecule has 1 saturated carbocycles. The van der Waals surface area contributed by atoms with E-state index in [9.17, 15) is 4.39 Å². The van der Waals surface area contributed by atoms with Gasteiger partial charge in [0.2, 0.25) is 0 Å². The van der Waals surface area contributed by atoms with Crippen molar-refractivity contribution < 1.29 is 4.39 Å². The molecular formula is C11H20FN. The van der Waals surface area contributed by atoms with E-state index in [-0.39, 0.29) is 0 Å². The molecule has 0 aromatic heterocycles. The van der Waals surface area contributed by atoms with Gasteiger partial charge >= 0.3 is 0 Å². The van der Waals surface area contributed by atoms with Crippen LogP contribution in [0.2, 0.25) is 0 Å².